The number of aliphatic carboxylic acids is 1. The number of aliphatic hydroxyl groups is 1. The van der Waals surface area contributed by atoms with Gasteiger partial charge in [-0.15, -0.1) is 0 Å². The molecule has 0 saturated carbocycles. The summed E-state index contributed by atoms with van der Waals surface area (Å²) >= 11 is 0. The first-order chi connectivity index (χ1) is 27.1. The Hall–Kier alpha value is -5.07. The molecule has 1 heterocycles. The number of aromatic hydroxyl groups is 1. The molecule has 1 aliphatic rings. The van der Waals surface area contributed by atoms with E-state index >= 15 is 0 Å². The van der Waals surface area contributed by atoms with Gasteiger partial charge in [0, 0.05) is 25.6 Å². The van der Waals surface area contributed by atoms with Gasteiger partial charge in [0.25, 0.3) is 17.7 Å². The molecule has 0 aliphatic carbocycles. The largest absolute Gasteiger partial charge is 0.507 e. The van der Waals surface area contributed by atoms with Gasteiger partial charge in [-0.2, -0.15) is 0 Å². The van der Waals surface area contributed by atoms with Gasteiger partial charge in [-0.25, -0.2) is 14.9 Å². The molecule has 0 bridgehead atoms. The number of nitrogens with one attached hydrogen (secondary N) is 3. The highest BCUT2D eigenvalue weighted by Gasteiger charge is 2.35. The Bertz CT molecular complexity index is 1540. The van der Waals surface area contributed by atoms with Gasteiger partial charge in [-0.3, -0.25) is 39.2 Å². The smallest absolute Gasteiger partial charge is 0.328 e. The monoisotopic (exact) mass is 805 g/mol. The van der Waals surface area contributed by atoms with E-state index in [4.69, 9.17) is 9.84 Å². The van der Waals surface area contributed by atoms with E-state index in [1.165, 1.54) is 44.2 Å². The Labute approximate surface area is 332 Å². The summed E-state index contributed by atoms with van der Waals surface area (Å²) in [7, 11) is 0. The normalized spacial score (nSPS) is 17.1. The van der Waals surface area contributed by atoms with Crippen LogP contribution in [0.25, 0.3) is 0 Å². The maximum absolute atomic E-state index is 13.7. The fraction of sp³-hybridized carbons (Fsp3) is 0.615. The van der Waals surface area contributed by atoms with Crippen LogP contribution in [0.3, 0.4) is 0 Å². The maximum Gasteiger partial charge on any atom is 0.328 e. The number of phenolic OH excluding ortho intramolecular Hbond substituents is 1. The van der Waals surface area contributed by atoms with Crippen LogP contribution in [0.5, 0.6) is 5.75 Å². The summed E-state index contributed by atoms with van der Waals surface area (Å²) in [6.45, 7) is 4.43. The van der Waals surface area contributed by atoms with Gasteiger partial charge in [-0.05, 0) is 83.3 Å². The minimum atomic E-state index is -1.58. The number of amides is 5. The van der Waals surface area contributed by atoms with Crippen LogP contribution in [-0.4, -0.2) is 121 Å². The summed E-state index contributed by atoms with van der Waals surface area (Å²) in [6, 6.07) is 1.65. The number of hydrogen-bond donors (Lipinski definition) is 8. The van der Waals surface area contributed by atoms with E-state index in [9.17, 15) is 54.2 Å². The Balaban J connectivity index is 2.11. The Morgan fingerprint density at radius 1 is 0.982 bits per heavy atom. The average molecular weight is 806 g/mol. The number of hydrogen-bond acceptors (Lipinski definition) is 12. The molecule has 2 rings (SSSR count). The molecule has 0 spiro atoms. The zero-order chi connectivity index (χ0) is 42.5. The zero-order valence-electron chi connectivity index (χ0n) is 32.9. The number of carbonyl (C=O) groups excluding carboxylic acids is 6. The molecule has 6 atom stereocenters. The van der Waals surface area contributed by atoms with E-state index in [-0.39, 0.29) is 56.5 Å². The number of carboxylic acids is 1. The van der Waals surface area contributed by atoms with Crippen molar-refractivity contribution in [1.29, 1.82) is 0 Å². The fourth-order valence-electron chi connectivity index (χ4n) is 6.08. The van der Waals surface area contributed by atoms with Crippen LogP contribution >= 0.6 is 0 Å². The predicted octanol–water partition coefficient (Wildman–Crippen LogP) is 2.57. The fourth-order valence-corrected chi connectivity index (χ4v) is 6.08. The van der Waals surface area contributed by atoms with Crippen molar-refractivity contribution in [3.05, 3.63) is 42.0 Å². The van der Waals surface area contributed by atoms with Gasteiger partial charge >= 0.3 is 11.9 Å². The number of carbonyl (C=O) groups is 7. The number of esters is 1. The van der Waals surface area contributed by atoms with E-state index in [1.807, 2.05) is 0 Å². The lowest BCUT2D eigenvalue weighted by Gasteiger charge is -2.28. The molecule has 0 aromatic heterocycles. The highest BCUT2D eigenvalue weighted by molar-refractivity contribution is 6.00. The van der Waals surface area contributed by atoms with Crippen LogP contribution in [-0.2, 0) is 33.5 Å². The molecule has 57 heavy (non-hydrogen) atoms. The van der Waals surface area contributed by atoms with Crippen molar-refractivity contribution in [3.8, 4) is 5.75 Å². The topological polar surface area (TPSA) is 272 Å². The third-order valence-electron chi connectivity index (χ3n) is 9.56. The molecule has 1 aromatic carbocycles. The maximum atomic E-state index is 13.7. The van der Waals surface area contributed by atoms with E-state index in [1.54, 1.807) is 13.0 Å². The van der Waals surface area contributed by atoms with E-state index in [2.05, 4.69) is 16.0 Å². The molecule has 18 heteroatoms. The average Bonchev–Trinajstić information content (AvgIpc) is 3.32. The van der Waals surface area contributed by atoms with Crippen LogP contribution in [0.4, 0.5) is 0 Å². The SMILES string of the molecule is CC[C@H](OC(=O)[C@H](CCCCN(O)C(=O)C=CCCCCCCC(=O)O)NC(=O)[C@H](NC(=O)c1ccccc1O)[C@H](C)O)[C@@H](C)C(=O)N[C@@H]1CCCCN(O)C1=O. The molecule has 1 aliphatic heterocycles. The third-order valence-corrected chi connectivity index (χ3v) is 9.56. The molecule has 1 fully saturated rings. The van der Waals surface area contributed by atoms with Crippen molar-refractivity contribution < 1.29 is 64.0 Å². The first-order valence-corrected chi connectivity index (χ1v) is 19.5. The summed E-state index contributed by atoms with van der Waals surface area (Å²) in [5.74, 6) is -6.84. The number of aliphatic hydroxyl groups excluding tert-OH is 1. The number of rotatable bonds is 24. The van der Waals surface area contributed by atoms with Crippen LogP contribution < -0.4 is 16.0 Å². The van der Waals surface area contributed by atoms with Crippen LogP contribution in [0.2, 0.25) is 0 Å². The number of allylic oxidation sites excluding steroid dienone is 1. The van der Waals surface area contributed by atoms with Crippen molar-refractivity contribution in [1.82, 2.24) is 26.1 Å². The summed E-state index contributed by atoms with van der Waals surface area (Å²) in [5, 5.41) is 58.0. The minimum Gasteiger partial charge on any atom is -0.507 e. The van der Waals surface area contributed by atoms with Gasteiger partial charge in [0.1, 0.15) is 30.0 Å². The predicted molar refractivity (Wildman–Crippen MR) is 203 cm³/mol. The lowest BCUT2D eigenvalue weighted by atomic mass is 10.00. The van der Waals surface area contributed by atoms with Crippen molar-refractivity contribution in [2.24, 2.45) is 5.92 Å². The van der Waals surface area contributed by atoms with Crippen molar-refractivity contribution >= 4 is 41.5 Å². The molecular formula is C39H59N5O13. The first kappa shape index (κ1) is 48.1. The lowest BCUT2D eigenvalue weighted by molar-refractivity contribution is -0.167. The zero-order valence-corrected chi connectivity index (χ0v) is 32.9. The molecule has 5 amide bonds. The number of ether oxygens (including phenoxy) is 1. The number of unbranched alkanes of at least 4 members (excludes halogenated alkanes) is 5. The van der Waals surface area contributed by atoms with Crippen LogP contribution in [0.15, 0.2) is 36.4 Å². The summed E-state index contributed by atoms with van der Waals surface area (Å²) in [4.78, 5) is 88.8. The quantitative estimate of drug-likeness (QED) is 0.0246. The molecular weight excluding hydrogens is 746 g/mol. The third kappa shape index (κ3) is 16.9. The van der Waals surface area contributed by atoms with Crippen molar-refractivity contribution in [2.45, 2.75) is 135 Å². The van der Waals surface area contributed by atoms with Crippen molar-refractivity contribution in [3.63, 3.8) is 0 Å². The van der Waals surface area contributed by atoms with E-state index in [0.29, 0.717) is 42.2 Å². The second-order valence-corrected chi connectivity index (χ2v) is 14.2. The number of carboxylic acid groups (broad SMARTS) is 1. The summed E-state index contributed by atoms with van der Waals surface area (Å²) < 4.78 is 5.74. The Morgan fingerprint density at radius 3 is 2.35 bits per heavy atom. The molecule has 1 aromatic rings. The molecule has 0 unspecified atom stereocenters. The van der Waals surface area contributed by atoms with E-state index < -0.39 is 77.7 Å². The molecule has 18 nitrogen and oxygen atoms in total. The first-order valence-electron chi connectivity index (χ1n) is 19.5. The molecule has 318 valence electrons. The second-order valence-electron chi connectivity index (χ2n) is 14.2. The summed E-state index contributed by atoms with van der Waals surface area (Å²) in [6.07, 6.45) is 5.81. The van der Waals surface area contributed by atoms with E-state index in [0.717, 1.165) is 19.3 Å². The molecule has 8 N–H and O–H groups in total. The Kier molecular flexibility index (Phi) is 21.3. The second kappa shape index (κ2) is 25.2. The molecule has 1 saturated heterocycles. The standard InChI is InChI=1S/C39H59N5O13/c1-4-31(25(2)35(50)40-28-18-13-16-24-44(56)38(28)53)57-39(54)29(41-37(52)34(26(3)45)42-36(51)27-17-11-12-20-30(27)46)19-14-15-23-43(55)32(47)21-9-7-5-6-8-10-22-33(48)49/h9,11-12,17,20-21,25-26,28-29,31,34,45-46,55-56H,4-8,10,13-16,18-19,22-24H2,1-3H3,(H,40,50)(H,41,52)(H,42,51)(H,48,49)/t25-,26+,28-,29+,31+,34-/m1/s1. The van der Waals surface area contributed by atoms with Gasteiger partial charge in [0.05, 0.1) is 17.6 Å². The van der Waals surface area contributed by atoms with Crippen LogP contribution in [0.1, 0.15) is 115 Å². The van der Waals surface area contributed by atoms with Crippen molar-refractivity contribution in [2.75, 3.05) is 13.1 Å². The minimum absolute atomic E-state index is 0.0792. The van der Waals surface area contributed by atoms with Gasteiger partial charge in [0.2, 0.25) is 11.8 Å². The molecule has 0 radical (unpaired) electrons. The summed E-state index contributed by atoms with van der Waals surface area (Å²) in [5.41, 5.74) is -0.159. The van der Waals surface area contributed by atoms with Gasteiger partial charge < -0.3 is 36.0 Å². The highest BCUT2D eigenvalue weighted by Crippen LogP contribution is 2.19. The van der Waals surface area contributed by atoms with Crippen LogP contribution in [0, 0.1) is 5.92 Å². The number of benzene rings is 1. The Morgan fingerprint density at radius 2 is 1.68 bits per heavy atom. The number of para-hydroxylation sites is 1. The van der Waals surface area contributed by atoms with Gasteiger partial charge in [0.15, 0.2) is 0 Å². The number of phenols is 1. The van der Waals surface area contributed by atoms with Gasteiger partial charge in [-0.1, -0.05) is 44.9 Å². The number of nitrogens with zero attached hydrogens (tertiary/aromatic N) is 2. The highest BCUT2D eigenvalue weighted by atomic mass is 16.5. The number of hydroxylamine groups is 4. The lowest BCUT2D eigenvalue weighted by Crippen LogP contribution is -2.56.